The highest BCUT2D eigenvalue weighted by atomic mass is 16.4. The molecule has 0 fully saturated rings. The van der Waals surface area contributed by atoms with E-state index in [4.69, 9.17) is 4.42 Å². The van der Waals surface area contributed by atoms with Crippen molar-refractivity contribution in [3.63, 3.8) is 0 Å². The number of nitrogens with one attached hydrogen (secondary N) is 2. The third kappa shape index (κ3) is 6.65. The maximum Gasteiger partial charge on any atom is 0.319 e. The second-order valence-electron chi connectivity index (χ2n) is 9.15. The number of allylic oxidation sites excluding steroid dienone is 1. The maximum atomic E-state index is 11.7. The van der Waals surface area contributed by atoms with E-state index in [9.17, 15) is 4.79 Å². The number of aryl methyl sites for hydroxylation is 2. The Bertz CT molecular complexity index is 1140. The number of hydrogen-bond donors (Lipinski definition) is 2. The van der Waals surface area contributed by atoms with E-state index in [2.05, 4.69) is 66.9 Å². The molecule has 0 aliphatic carbocycles. The van der Waals surface area contributed by atoms with Crippen LogP contribution in [0.4, 0.5) is 10.5 Å². The number of nitrogens with zero attached hydrogens (tertiary/aromatic N) is 2. The largest absolute Gasteiger partial charge is 0.421 e. The first-order valence-electron chi connectivity index (χ1n) is 11.0. The van der Waals surface area contributed by atoms with E-state index in [-0.39, 0.29) is 11.4 Å². The molecule has 0 radical (unpaired) electrons. The monoisotopic (exact) mass is 444 g/mol. The van der Waals surface area contributed by atoms with Crippen LogP contribution in [-0.4, -0.2) is 22.8 Å². The van der Waals surface area contributed by atoms with Gasteiger partial charge in [0.25, 0.3) is 0 Å². The van der Waals surface area contributed by atoms with Gasteiger partial charge in [-0.1, -0.05) is 57.2 Å². The number of aromatic nitrogens is 2. The second kappa shape index (κ2) is 10.3. The van der Waals surface area contributed by atoms with Crippen molar-refractivity contribution in [2.24, 2.45) is 0 Å². The van der Waals surface area contributed by atoms with Gasteiger partial charge in [0.05, 0.1) is 0 Å². The van der Waals surface area contributed by atoms with Crippen LogP contribution in [0, 0.1) is 0 Å². The van der Waals surface area contributed by atoms with Crippen LogP contribution in [-0.2, 0) is 18.3 Å². The van der Waals surface area contributed by atoms with E-state index in [1.54, 1.807) is 6.08 Å². The summed E-state index contributed by atoms with van der Waals surface area (Å²) in [6.45, 7) is 16.6. The number of amides is 2. The predicted molar refractivity (Wildman–Crippen MR) is 134 cm³/mol. The van der Waals surface area contributed by atoms with Gasteiger partial charge in [0, 0.05) is 24.2 Å². The van der Waals surface area contributed by atoms with Crippen molar-refractivity contribution in [2.45, 2.75) is 46.0 Å². The molecule has 0 atom stereocenters. The Morgan fingerprint density at radius 2 is 1.82 bits per heavy atom. The lowest BCUT2D eigenvalue weighted by Crippen LogP contribution is -2.28. The van der Waals surface area contributed by atoms with Gasteiger partial charge in [-0.15, -0.1) is 16.8 Å². The van der Waals surface area contributed by atoms with Crippen LogP contribution < -0.4 is 10.6 Å². The molecule has 0 spiro atoms. The van der Waals surface area contributed by atoms with Gasteiger partial charge in [-0.05, 0) is 59.7 Å². The van der Waals surface area contributed by atoms with E-state index in [0.717, 1.165) is 34.4 Å². The first-order chi connectivity index (χ1) is 15.7. The van der Waals surface area contributed by atoms with E-state index in [0.29, 0.717) is 24.7 Å². The summed E-state index contributed by atoms with van der Waals surface area (Å²) >= 11 is 0. The van der Waals surface area contributed by atoms with Gasteiger partial charge in [0.15, 0.2) is 0 Å². The average Bonchev–Trinajstić information content (AvgIpc) is 3.25. The number of carbonyl (C=O) groups excluding carboxylic acids is 1. The van der Waals surface area contributed by atoms with Crippen LogP contribution in [0.5, 0.6) is 0 Å². The van der Waals surface area contributed by atoms with E-state index in [1.807, 2.05) is 37.3 Å². The van der Waals surface area contributed by atoms with Crippen LogP contribution in [0.15, 0.2) is 66.1 Å². The fraction of sp³-hybridized carbons (Fsp3) is 0.296. The highest BCUT2D eigenvalue weighted by Crippen LogP contribution is 2.31. The molecule has 2 aromatic carbocycles. The third-order valence-electron chi connectivity index (χ3n) is 5.25. The minimum Gasteiger partial charge on any atom is -0.421 e. The first kappa shape index (κ1) is 24.0. The average molecular weight is 445 g/mol. The SMILES string of the molecule is C=CCNC(=O)Nc1ccc(CCc2nnc(-c3cc(C(=C)C)cc(C(C)(C)C)c3)o2)cc1. The van der Waals surface area contributed by atoms with Crippen molar-refractivity contribution < 1.29 is 9.21 Å². The summed E-state index contributed by atoms with van der Waals surface area (Å²) in [6.07, 6.45) is 3.02. The summed E-state index contributed by atoms with van der Waals surface area (Å²) in [5, 5.41) is 14.0. The van der Waals surface area contributed by atoms with Gasteiger partial charge in [-0.2, -0.15) is 0 Å². The van der Waals surface area contributed by atoms with E-state index >= 15 is 0 Å². The number of anilines is 1. The molecule has 3 aromatic rings. The molecular formula is C27H32N4O2. The van der Waals surface area contributed by atoms with Gasteiger partial charge < -0.3 is 15.1 Å². The zero-order valence-electron chi connectivity index (χ0n) is 19.9. The molecule has 0 bridgehead atoms. The van der Waals surface area contributed by atoms with E-state index in [1.165, 1.54) is 5.56 Å². The van der Waals surface area contributed by atoms with Crippen molar-refractivity contribution in [2.75, 3.05) is 11.9 Å². The number of carbonyl (C=O) groups is 1. The molecule has 172 valence electrons. The fourth-order valence-corrected chi connectivity index (χ4v) is 3.25. The summed E-state index contributed by atoms with van der Waals surface area (Å²) in [5.74, 6) is 1.11. The second-order valence-corrected chi connectivity index (χ2v) is 9.15. The highest BCUT2D eigenvalue weighted by Gasteiger charge is 2.18. The summed E-state index contributed by atoms with van der Waals surface area (Å²) in [6, 6.07) is 13.8. The van der Waals surface area contributed by atoms with Crippen LogP contribution in [0.1, 0.15) is 50.3 Å². The van der Waals surface area contributed by atoms with Gasteiger partial charge in [0.1, 0.15) is 0 Å². The number of hydrogen-bond acceptors (Lipinski definition) is 4. The molecule has 3 rings (SSSR count). The van der Waals surface area contributed by atoms with Crippen molar-refractivity contribution in [1.82, 2.24) is 15.5 Å². The molecular weight excluding hydrogens is 412 g/mol. The van der Waals surface area contributed by atoms with Gasteiger partial charge in [-0.3, -0.25) is 0 Å². The molecule has 1 heterocycles. The Balaban J connectivity index is 1.67. The summed E-state index contributed by atoms with van der Waals surface area (Å²) in [7, 11) is 0. The Morgan fingerprint density at radius 3 is 2.45 bits per heavy atom. The predicted octanol–water partition coefficient (Wildman–Crippen LogP) is 6.16. The van der Waals surface area contributed by atoms with Crippen LogP contribution >= 0.6 is 0 Å². The highest BCUT2D eigenvalue weighted by molar-refractivity contribution is 5.89. The first-order valence-corrected chi connectivity index (χ1v) is 11.0. The Hall–Kier alpha value is -3.67. The van der Waals surface area contributed by atoms with Crippen LogP contribution in [0.2, 0.25) is 0 Å². The topological polar surface area (TPSA) is 80.0 Å². The summed E-state index contributed by atoms with van der Waals surface area (Å²) < 4.78 is 5.98. The van der Waals surface area contributed by atoms with Gasteiger partial charge >= 0.3 is 6.03 Å². The molecule has 0 saturated heterocycles. The van der Waals surface area contributed by atoms with Gasteiger partial charge in [0.2, 0.25) is 11.8 Å². The third-order valence-corrected chi connectivity index (χ3v) is 5.25. The lowest BCUT2D eigenvalue weighted by atomic mass is 9.84. The molecule has 0 aliphatic heterocycles. The van der Waals surface area contributed by atoms with Crippen molar-refractivity contribution in [3.05, 3.63) is 84.3 Å². The Morgan fingerprint density at radius 1 is 1.09 bits per heavy atom. The van der Waals surface area contributed by atoms with Crippen molar-refractivity contribution in [1.29, 1.82) is 0 Å². The smallest absolute Gasteiger partial charge is 0.319 e. The zero-order chi connectivity index (χ0) is 24.0. The minimum absolute atomic E-state index is 0.00356. The van der Waals surface area contributed by atoms with Crippen molar-refractivity contribution in [3.8, 4) is 11.5 Å². The normalized spacial score (nSPS) is 11.2. The van der Waals surface area contributed by atoms with E-state index < -0.39 is 0 Å². The molecule has 0 unspecified atom stereocenters. The van der Waals surface area contributed by atoms with Crippen molar-refractivity contribution >= 4 is 17.3 Å². The zero-order valence-corrected chi connectivity index (χ0v) is 19.9. The minimum atomic E-state index is -0.258. The molecule has 6 heteroatoms. The molecule has 33 heavy (non-hydrogen) atoms. The molecule has 2 N–H and O–H groups in total. The Kier molecular flexibility index (Phi) is 7.48. The summed E-state index contributed by atoms with van der Waals surface area (Å²) in [5.41, 5.74) is 6.02. The number of urea groups is 1. The molecule has 0 aliphatic rings. The maximum absolute atomic E-state index is 11.7. The summed E-state index contributed by atoms with van der Waals surface area (Å²) in [4.78, 5) is 11.7. The standard InChI is InChI=1S/C27H32N4O2/c1-7-14-28-26(32)29-23-11-8-19(9-12-23)10-13-24-30-31-25(33-24)21-15-20(18(2)3)16-22(17-21)27(4,5)6/h7-9,11-12,15-17H,1-2,10,13-14H2,3-6H3,(H2,28,29,32). The molecule has 1 aromatic heterocycles. The lowest BCUT2D eigenvalue weighted by Gasteiger charge is -2.21. The fourth-order valence-electron chi connectivity index (χ4n) is 3.25. The molecule has 0 saturated carbocycles. The quantitative estimate of drug-likeness (QED) is 0.408. The number of rotatable bonds is 8. The molecule has 6 nitrogen and oxygen atoms in total. The lowest BCUT2D eigenvalue weighted by molar-refractivity contribution is 0.253. The van der Waals surface area contributed by atoms with Gasteiger partial charge in [-0.25, -0.2) is 4.79 Å². The Labute approximate surface area is 195 Å². The van der Waals surface area contributed by atoms with Crippen LogP contribution in [0.25, 0.3) is 17.0 Å². The molecule has 2 amide bonds. The van der Waals surface area contributed by atoms with Crippen LogP contribution in [0.3, 0.4) is 0 Å². The number of benzene rings is 2.